The highest BCUT2D eigenvalue weighted by Gasteiger charge is 2.23. The number of oxazole rings is 1. The maximum atomic E-state index is 12.2. The van der Waals surface area contributed by atoms with Gasteiger partial charge >= 0.3 is 0 Å². The molecule has 2 heterocycles. The summed E-state index contributed by atoms with van der Waals surface area (Å²) in [5, 5.41) is 3.15. The lowest BCUT2D eigenvalue weighted by Crippen LogP contribution is -2.40. The van der Waals surface area contributed by atoms with Gasteiger partial charge in [-0.2, -0.15) is 0 Å². The molecule has 1 fully saturated rings. The molecular formula is C19H33N3O2. The average Bonchev–Trinajstić information content (AvgIpc) is 2.90. The zero-order chi connectivity index (χ0) is 17.7. The van der Waals surface area contributed by atoms with E-state index in [0.29, 0.717) is 11.8 Å². The fourth-order valence-electron chi connectivity index (χ4n) is 3.16. The molecule has 1 N–H and O–H groups in total. The van der Waals surface area contributed by atoms with E-state index in [4.69, 9.17) is 4.42 Å². The summed E-state index contributed by atoms with van der Waals surface area (Å²) in [6.07, 6.45) is 3.29. The SMILES string of the molecule is CCC(C)C(C)C(=O)NCC1CCN(Cc2nc(C)c(C)o2)CC1. The number of carbonyl (C=O) groups excluding carboxylic acids is 1. The molecular weight excluding hydrogens is 302 g/mol. The third kappa shape index (κ3) is 5.07. The van der Waals surface area contributed by atoms with Crippen LogP contribution in [0.15, 0.2) is 4.42 Å². The Balaban J connectivity index is 1.70. The van der Waals surface area contributed by atoms with Crippen molar-refractivity contribution in [1.82, 2.24) is 15.2 Å². The first kappa shape index (κ1) is 19.0. The molecule has 1 aliphatic rings. The Morgan fingerprint density at radius 1 is 1.33 bits per heavy atom. The van der Waals surface area contributed by atoms with Crippen LogP contribution in [0, 0.1) is 31.6 Å². The summed E-state index contributed by atoms with van der Waals surface area (Å²) in [5.41, 5.74) is 0.984. The van der Waals surface area contributed by atoms with Crippen LogP contribution in [0.2, 0.25) is 0 Å². The van der Waals surface area contributed by atoms with Gasteiger partial charge < -0.3 is 9.73 Å². The van der Waals surface area contributed by atoms with E-state index in [1.165, 1.54) is 0 Å². The normalized spacial score (nSPS) is 19.2. The molecule has 1 amide bonds. The molecule has 5 heteroatoms. The van der Waals surface area contributed by atoms with Gasteiger partial charge in [0.1, 0.15) is 5.76 Å². The molecule has 2 rings (SSSR count). The Labute approximate surface area is 146 Å². The van der Waals surface area contributed by atoms with Gasteiger partial charge in [0, 0.05) is 12.5 Å². The minimum atomic E-state index is 0.103. The molecule has 0 aromatic carbocycles. The van der Waals surface area contributed by atoms with Crippen LogP contribution in [0.3, 0.4) is 0 Å². The largest absolute Gasteiger partial charge is 0.444 e. The van der Waals surface area contributed by atoms with E-state index in [9.17, 15) is 4.79 Å². The summed E-state index contributed by atoms with van der Waals surface area (Å²) in [5.74, 6) is 3.07. The lowest BCUT2D eigenvalue weighted by molar-refractivity contribution is -0.126. The number of nitrogens with zero attached hydrogens (tertiary/aromatic N) is 2. The maximum absolute atomic E-state index is 12.2. The standard InChI is InChI=1S/C19H33N3O2/c1-6-13(2)14(3)19(23)20-11-17-7-9-22(10-8-17)12-18-21-15(4)16(5)24-18/h13-14,17H,6-12H2,1-5H3,(H,20,23). The van der Waals surface area contributed by atoms with Crippen molar-refractivity contribution in [2.24, 2.45) is 17.8 Å². The Kier molecular flexibility index (Phi) is 6.84. The van der Waals surface area contributed by atoms with Crippen molar-refractivity contribution in [2.45, 2.75) is 60.4 Å². The van der Waals surface area contributed by atoms with Gasteiger partial charge in [-0.05, 0) is 51.6 Å². The number of aromatic nitrogens is 1. The number of likely N-dealkylation sites (tertiary alicyclic amines) is 1. The Morgan fingerprint density at radius 2 is 2.00 bits per heavy atom. The number of hydrogen-bond acceptors (Lipinski definition) is 4. The minimum absolute atomic E-state index is 0.103. The Morgan fingerprint density at radius 3 is 2.54 bits per heavy atom. The predicted molar refractivity (Wildman–Crippen MR) is 95.6 cm³/mol. The number of piperidine rings is 1. The van der Waals surface area contributed by atoms with Gasteiger partial charge in [0.15, 0.2) is 0 Å². The second kappa shape index (κ2) is 8.65. The number of hydrogen-bond donors (Lipinski definition) is 1. The summed E-state index contributed by atoms with van der Waals surface area (Å²) in [4.78, 5) is 19.0. The van der Waals surface area contributed by atoms with Gasteiger partial charge in [0.2, 0.25) is 11.8 Å². The van der Waals surface area contributed by atoms with Crippen LogP contribution in [-0.2, 0) is 11.3 Å². The van der Waals surface area contributed by atoms with Crippen molar-refractivity contribution in [3.8, 4) is 0 Å². The number of aryl methyl sites for hydroxylation is 2. The summed E-state index contributed by atoms with van der Waals surface area (Å²) in [6.45, 7) is 14.0. The van der Waals surface area contributed by atoms with Crippen molar-refractivity contribution in [2.75, 3.05) is 19.6 Å². The van der Waals surface area contributed by atoms with E-state index in [2.05, 4.69) is 29.0 Å². The van der Waals surface area contributed by atoms with E-state index in [-0.39, 0.29) is 11.8 Å². The van der Waals surface area contributed by atoms with Gasteiger partial charge in [0.25, 0.3) is 0 Å². The van der Waals surface area contributed by atoms with Crippen LogP contribution < -0.4 is 5.32 Å². The number of amides is 1. The molecule has 1 aliphatic heterocycles. The fourth-order valence-corrected chi connectivity index (χ4v) is 3.16. The Bertz CT molecular complexity index is 513. The van der Waals surface area contributed by atoms with Gasteiger partial charge in [-0.15, -0.1) is 0 Å². The molecule has 5 nitrogen and oxygen atoms in total. The third-order valence-corrected chi connectivity index (χ3v) is 5.61. The molecule has 0 radical (unpaired) electrons. The number of nitrogens with one attached hydrogen (secondary N) is 1. The lowest BCUT2D eigenvalue weighted by atomic mass is 9.92. The number of carbonyl (C=O) groups is 1. The topological polar surface area (TPSA) is 58.4 Å². The molecule has 1 aromatic heterocycles. The highest BCUT2D eigenvalue weighted by molar-refractivity contribution is 5.78. The lowest BCUT2D eigenvalue weighted by Gasteiger charge is -2.31. The van der Waals surface area contributed by atoms with Crippen molar-refractivity contribution in [1.29, 1.82) is 0 Å². The molecule has 0 saturated carbocycles. The summed E-state index contributed by atoms with van der Waals surface area (Å²) in [7, 11) is 0. The summed E-state index contributed by atoms with van der Waals surface area (Å²) in [6, 6.07) is 0. The van der Waals surface area contributed by atoms with Crippen LogP contribution in [0.4, 0.5) is 0 Å². The van der Waals surface area contributed by atoms with Crippen molar-refractivity contribution in [3.05, 3.63) is 17.3 Å². The van der Waals surface area contributed by atoms with Crippen LogP contribution in [-0.4, -0.2) is 35.4 Å². The van der Waals surface area contributed by atoms with E-state index in [1.54, 1.807) is 0 Å². The minimum Gasteiger partial charge on any atom is -0.444 e. The highest BCUT2D eigenvalue weighted by atomic mass is 16.4. The molecule has 0 bridgehead atoms. The average molecular weight is 335 g/mol. The van der Waals surface area contributed by atoms with Crippen LogP contribution in [0.25, 0.3) is 0 Å². The first-order valence-electron chi connectivity index (χ1n) is 9.33. The quantitative estimate of drug-likeness (QED) is 0.830. The molecule has 2 unspecified atom stereocenters. The van der Waals surface area contributed by atoms with E-state index in [0.717, 1.165) is 62.8 Å². The molecule has 2 atom stereocenters. The monoisotopic (exact) mass is 335 g/mol. The first-order chi connectivity index (χ1) is 11.4. The van der Waals surface area contributed by atoms with Crippen LogP contribution >= 0.6 is 0 Å². The van der Waals surface area contributed by atoms with Gasteiger partial charge in [0.05, 0.1) is 12.2 Å². The van der Waals surface area contributed by atoms with Gasteiger partial charge in [-0.1, -0.05) is 27.2 Å². The number of rotatable bonds is 7. The molecule has 1 saturated heterocycles. The van der Waals surface area contributed by atoms with Crippen LogP contribution in [0.1, 0.15) is 57.4 Å². The second-order valence-electron chi connectivity index (χ2n) is 7.39. The van der Waals surface area contributed by atoms with Gasteiger partial charge in [-0.25, -0.2) is 4.98 Å². The molecule has 0 spiro atoms. The second-order valence-corrected chi connectivity index (χ2v) is 7.39. The summed E-state index contributed by atoms with van der Waals surface area (Å²) >= 11 is 0. The Hall–Kier alpha value is -1.36. The molecule has 0 aliphatic carbocycles. The van der Waals surface area contributed by atoms with Gasteiger partial charge in [-0.3, -0.25) is 9.69 Å². The van der Waals surface area contributed by atoms with Crippen molar-refractivity contribution >= 4 is 5.91 Å². The van der Waals surface area contributed by atoms with Crippen LogP contribution in [0.5, 0.6) is 0 Å². The first-order valence-corrected chi connectivity index (χ1v) is 9.33. The maximum Gasteiger partial charge on any atom is 0.223 e. The smallest absolute Gasteiger partial charge is 0.223 e. The van der Waals surface area contributed by atoms with Crippen molar-refractivity contribution in [3.63, 3.8) is 0 Å². The molecule has 1 aromatic rings. The van der Waals surface area contributed by atoms with E-state index >= 15 is 0 Å². The highest BCUT2D eigenvalue weighted by Crippen LogP contribution is 2.20. The zero-order valence-corrected chi connectivity index (χ0v) is 15.9. The van der Waals surface area contributed by atoms with E-state index < -0.39 is 0 Å². The summed E-state index contributed by atoms with van der Waals surface area (Å²) < 4.78 is 5.67. The zero-order valence-electron chi connectivity index (χ0n) is 15.9. The third-order valence-electron chi connectivity index (χ3n) is 5.61. The fraction of sp³-hybridized carbons (Fsp3) is 0.789. The van der Waals surface area contributed by atoms with E-state index in [1.807, 2.05) is 20.8 Å². The molecule has 136 valence electrons. The molecule has 24 heavy (non-hydrogen) atoms. The predicted octanol–water partition coefficient (Wildman–Crippen LogP) is 3.30. The van der Waals surface area contributed by atoms with Crippen molar-refractivity contribution < 1.29 is 9.21 Å².